The number of fused-ring (bicyclic) bond motifs is 2. The first-order chi connectivity index (χ1) is 14.1. The van der Waals surface area contributed by atoms with Crippen molar-refractivity contribution in [3.63, 3.8) is 0 Å². The maximum absolute atomic E-state index is 13.9. The van der Waals surface area contributed by atoms with E-state index in [4.69, 9.17) is 0 Å². The molecule has 0 spiro atoms. The number of nitrogens with one attached hydrogen (secondary N) is 2. The smallest absolute Gasteiger partial charge is 0.275 e. The number of hydrogen-bond acceptors (Lipinski definition) is 5. The number of ketones is 1. The van der Waals surface area contributed by atoms with Crippen LogP contribution in [-0.2, 0) is 13.0 Å². The third kappa shape index (κ3) is 2.87. The van der Waals surface area contributed by atoms with Gasteiger partial charge in [0.15, 0.2) is 11.6 Å². The second-order valence-electron chi connectivity index (χ2n) is 6.75. The number of aromatic amines is 2. The van der Waals surface area contributed by atoms with Crippen LogP contribution >= 0.6 is 0 Å². The monoisotopic (exact) mass is 390 g/mol. The molecule has 2 N–H and O–H groups in total. The lowest BCUT2D eigenvalue weighted by Crippen LogP contribution is -2.20. The fourth-order valence-corrected chi connectivity index (χ4v) is 3.50. The average molecular weight is 390 g/mol. The Labute approximate surface area is 163 Å². The van der Waals surface area contributed by atoms with Gasteiger partial charge in [-0.1, -0.05) is 0 Å². The Morgan fingerprint density at radius 2 is 2.17 bits per heavy atom. The fourth-order valence-electron chi connectivity index (χ4n) is 3.50. The summed E-state index contributed by atoms with van der Waals surface area (Å²) < 4.78 is 15.4. The number of carbonyl (C=O) groups is 1. The van der Waals surface area contributed by atoms with Crippen LogP contribution in [0.3, 0.4) is 0 Å². The number of halogens is 1. The summed E-state index contributed by atoms with van der Waals surface area (Å²) in [6, 6.07) is 4.52. The molecule has 29 heavy (non-hydrogen) atoms. The molecule has 8 nitrogen and oxygen atoms in total. The Balaban J connectivity index is 1.51. The van der Waals surface area contributed by atoms with E-state index in [2.05, 4.69) is 24.9 Å². The Kier molecular flexibility index (Phi) is 3.94. The van der Waals surface area contributed by atoms with Crippen molar-refractivity contribution in [3.8, 4) is 0 Å². The van der Waals surface area contributed by atoms with Crippen LogP contribution in [0.15, 0.2) is 46.6 Å². The fraction of sp³-hybridized carbons (Fsp3) is 0.150. The summed E-state index contributed by atoms with van der Waals surface area (Å²) >= 11 is 0. The molecule has 5 heterocycles. The molecule has 4 aromatic rings. The number of nitrogens with zero attached hydrogens (tertiary/aromatic N) is 4. The highest BCUT2D eigenvalue weighted by Gasteiger charge is 2.20. The maximum atomic E-state index is 13.9. The quantitative estimate of drug-likeness (QED) is 0.412. The van der Waals surface area contributed by atoms with Gasteiger partial charge in [-0.05, 0) is 31.0 Å². The molecular formula is C20H15FN6O2. The van der Waals surface area contributed by atoms with Crippen LogP contribution in [0, 0.1) is 5.95 Å². The van der Waals surface area contributed by atoms with E-state index in [0.717, 1.165) is 18.5 Å². The highest BCUT2D eigenvalue weighted by atomic mass is 19.1. The van der Waals surface area contributed by atoms with Gasteiger partial charge < -0.3 is 14.5 Å². The zero-order chi connectivity index (χ0) is 20.0. The van der Waals surface area contributed by atoms with Crippen molar-refractivity contribution in [2.24, 2.45) is 4.99 Å². The lowest BCUT2D eigenvalue weighted by Gasteiger charge is -2.04. The van der Waals surface area contributed by atoms with Crippen molar-refractivity contribution in [1.29, 1.82) is 0 Å². The van der Waals surface area contributed by atoms with Crippen molar-refractivity contribution < 1.29 is 9.18 Å². The van der Waals surface area contributed by atoms with Crippen LogP contribution in [0.1, 0.15) is 33.9 Å². The second kappa shape index (κ2) is 6.62. The topological polar surface area (TPSA) is 109 Å². The van der Waals surface area contributed by atoms with Gasteiger partial charge in [-0.25, -0.2) is 15.0 Å². The van der Waals surface area contributed by atoms with Gasteiger partial charge in [0, 0.05) is 35.8 Å². The van der Waals surface area contributed by atoms with Crippen molar-refractivity contribution in [2.45, 2.75) is 19.4 Å². The molecule has 0 unspecified atom stereocenters. The number of rotatable bonds is 4. The summed E-state index contributed by atoms with van der Waals surface area (Å²) in [5.74, 6) is -0.0809. The average Bonchev–Trinajstić information content (AvgIpc) is 3.34. The molecule has 1 aliphatic rings. The van der Waals surface area contributed by atoms with Gasteiger partial charge in [0.05, 0.1) is 17.8 Å². The van der Waals surface area contributed by atoms with Gasteiger partial charge in [-0.2, -0.15) is 4.39 Å². The zero-order valence-electron chi connectivity index (χ0n) is 15.1. The first kappa shape index (κ1) is 17.2. The van der Waals surface area contributed by atoms with Gasteiger partial charge in [-0.15, -0.1) is 0 Å². The van der Waals surface area contributed by atoms with Crippen LogP contribution in [0.2, 0.25) is 0 Å². The summed E-state index contributed by atoms with van der Waals surface area (Å²) in [7, 11) is 0. The molecule has 0 saturated heterocycles. The third-order valence-corrected chi connectivity index (χ3v) is 4.93. The van der Waals surface area contributed by atoms with E-state index in [1.165, 1.54) is 29.1 Å². The number of aliphatic imine (C=N–C) groups is 1. The van der Waals surface area contributed by atoms with Gasteiger partial charge >= 0.3 is 0 Å². The SMILES string of the molecule is O=C(c1cccnc1F)c1c[nH]c2c(=O)n(Cc3nc4c([nH]3)CCC=N4)ccc12. The molecule has 5 rings (SSSR count). The lowest BCUT2D eigenvalue weighted by atomic mass is 10.0. The van der Waals surface area contributed by atoms with Crippen LogP contribution in [0.5, 0.6) is 0 Å². The first-order valence-corrected chi connectivity index (χ1v) is 9.08. The van der Waals surface area contributed by atoms with E-state index >= 15 is 0 Å². The van der Waals surface area contributed by atoms with Crippen molar-refractivity contribution in [2.75, 3.05) is 0 Å². The Morgan fingerprint density at radius 1 is 1.28 bits per heavy atom. The first-order valence-electron chi connectivity index (χ1n) is 9.08. The van der Waals surface area contributed by atoms with E-state index in [-0.39, 0.29) is 28.7 Å². The van der Waals surface area contributed by atoms with Crippen LogP contribution in [0.4, 0.5) is 10.2 Å². The van der Waals surface area contributed by atoms with Gasteiger partial charge in [0.1, 0.15) is 11.3 Å². The molecule has 0 radical (unpaired) electrons. The molecular weight excluding hydrogens is 375 g/mol. The Morgan fingerprint density at radius 3 is 3.00 bits per heavy atom. The molecule has 9 heteroatoms. The van der Waals surface area contributed by atoms with E-state index < -0.39 is 11.7 Å². The summed E-state index contributed by atoms with van der Waals surface area (Å²) in [6.07, 6.45) is 7.82. The number of imidazole rings is 1. The highest BCUT2D eigenvalue weighted by molar-refractivity contribution is 6.16. The molecule has 1 aliphatic heterocycles. The predicted octanol–water partition coefficient (Wildman–Crippen LogP) is 2.51. The molecule has 0 aromatic carbocycles. The second-order valence-corrected chi connectivity index (χ2v) is 6.75. The largest absolute Gasteiger partial charge is 0.356 e. The van der Waals surface area contributed by atoms with Crippen LogP contribution in [0.25, 0.3) is 10.9 Å². The highest BCUT2D eigenvalue weighted by Crippen LogP contribution is 2.22. The van der Waals surface area contributed by atoms with Crippen LogP contribution in [-0.4, -0.2) is 36.5 Å². The molecule has 0 saturated carbocycles. The summed E-state index contributed by atoms with van der Waals surface area (Å²) in [4.78, 5) is 43.8. The molecule has 0 amide bonds. The number of carbonyl (C=O) groups excluding carboxylic acids is 1. The standard InChI is InChI=1S/C20H15FN6O2/c21-18-12(3-1-6-22-18)17(28)13-9-24-16-11(13)5-8-27(20(16)29)10-15-25-14-4-2-7-23-19(14)26-15/h1,3,5-9,24H,2,4,10H2,(H,25,26). The Hall–Kier alpha value is -3.88. The van der Waals surface area contributed by atoms with Gasteiger partial charge in [-0.3, -0.25) is 9.59 Å². The maximum Gasteiger partial charge on any atom is 0.275 e. The van der Waals surface area contributed by atoms with E-state index in [1.807, 2.05) is 6.21 Å². The normalized spacial score (nSPS) is 13.0. The predicted molar refractivity (Wildman–Crippen MR) is 104 cm³/mol. The summed E-state index contributed by atoms with van der Waals surface area (Å²) in [5, 5.41) is 0.433. The third-order valence-electron chi connectivity index (χ3n) is 4.93. The number of aryl methyl sites for hydroxylation is 1. The minimum Gasteiger partial charge on any atom is -0.356 e. The minimum atomic E-state index is -0.843. The van der Waals surface area contributed by atoms with Crippen LogP contribution < -0.4 is 5.56 Å². The number of pyridine rings is 2. The lowest BCUT2D eigenvalue weighted by molar-refractivity contribution is 0.103. The number of aromatic nitrogens is 5. The molecule has 0 aliphatic carbocycles. The molecule has 0 fully saturated rings. The van der Waals surface area contributed by atoms with Gasteiger partial charge in [0.2, 0.25) is 5.95 Å². The molecule has 0 atom stereocenters. The summed E-state index contributed by atoms with van der Waals surface area (Å²) in [6.45, 7) is 0.247. The molecule has 144 valence electrons. The zero-order valence-corrected chi connectivity index (χ0v) is 15.1. The van der Waals surface area contributed by atoms with Crippen molar-refractivity contribution in [3.05, 3.63) is 75.7 Å². The molecule has 0 bridgehead atoms. The number of H-pyrrole nitrogens is 2. The van der Waals surface area contributed by atoms with E-state index in [0.29, 0.717) is 17.0 Å². The number of hydrogen-bond donors (Lipinski definition) is 2. The van der Waals surface area contributed by atoms with E-state index in [9.17, 15) is 14.0 Å². The minimum absolute atomic E-state index is 0.140. The Bertz CT molecular complexity index is 1350. The van der Waals surface area contributed by atoms with Crippen molar-refractivity contribution >= 4 is 28.7 Å². The van der Waals surface area contributed by atoms with E-state index in [1.54, 1.807) is 12.3 Å². The van der Waals surface area contributed by atoms with Gasteiger partial charge in [0.25, 0.3) is 5.56 Å². The molecule has 4 aromatic heterocycles. The van der Waals surface area contributed by atoms with Crippen molar-refractivity contribution in [1.82, 2.24) is 24.5 Å². The summed E-state index contributed by atoms with van der Waals surface area (Å²) in [5.41, 5.74) is 1.02.